The fourth-order valence-corrected chi connectivity index (χ4v) is 3.25. The van der Waals surface area contributed by atoms with Gasteiger partial charge < -0.3 is 5.32 Å². The highest BCUT2D eigenvalue weighted by atomic mass is 35.5. The molecular formula is C16H25ClN2. The van der Waals surface area contributed by atoms with Crippen molar-refractivity contribution in [2.24, 2.45) is 0 Å². The molecule has 1 saturated heterocycles. The van der Waals surface area contributed by atoms with Crippen molar-refractivity contribution in [1.29, 1.82) is 0 Å². The van der Waals surface area contributed by atoms with Gasteiger partial charge in [-0.15, -0.1) is 0 Å². The van der Waals surface area contributed by atoms with Gasteiger partial charge in [-0.3, -0.25) is 4.90 Å². The van der Waals surface area contributed by atoms with Gasteiger partial charge in [-0.25, -0.2) is 0 Å². The molecule has 2 unspecified atom stereocenters. The lowest BCUT2D eigenvalue weighted by Gasteiger charge is -2.38. The highest BCUT2D eigenvalue weighted by molar-refractivity contribution is 6.30. The molecule has 0 saturated carbocycles. The minimum absolute atomic E-state index is 0.580. The summed E-state index contributed by atoms with van der Waals surface area (Å²) >= 11 is 5.94. The van der Waals surface area contributed by atoms with Crippen molar-refractivity contribution in [1.82, 2.24) is 10.2 Å². The number of hydrogen-bond acceptors (Lipinski definition) is 2. The van der Waals surface area contributed by atoms with Crippen LogP contribution >= 0.6 is 11.6 Å². The maximum atomic E-state index is 5.94. The molecule has 0 aliphatic carbocycles. The zero-order chi connectivity index (χ0) is 13.7. The summed E-state index contributed by atoms with van der Waals surface area (Å²) in [6.07, 6.45) is 3.72. The summed E-state index contributed by atoms with van der Waals surface area (Å²) in [5.74, 6) is 0. The molecule has 1 aliphatic heterocycles. The molecule has 0 radical (unpaired) electrons. The van der Waals surface area contributed by atoms with Crippen LogP contribution in [0.4, 0.5) is 0 Å². The highest BCUT2D eigenvalue weighted by Gasteiger charge is 2.23. The van der Waals surface area contributed by atoms with Gasteiger partial charge in [0.2, 0.25) is 0 Å². The minimum Gasteiger partial charge on any atom is -0.315 e. The molecule has 2 atom stereocenters. The van der Waals surface area contributed by atoms with Crippen LogP contribution in [0.15, 0.2) is 24.3 Å². The predicted molar refractivity (Wildman–Crippen MR) is 82.9 cm³/mol. The van der Waals surface area contributed by atoms with Crippen molar-refractivity contribution < 1.29 is 0 Å². The van der Waals surface area contributed by atoms with Crippen LogP contribution in [-0.4, -0.2) is 36.6 Å². The second kappa shape index (κ2) is 7.28. The molecule has 0 spiro atoms. The number of benzene rings is 1. The van der Waals surface area contributed by atoms with Crippen molar-refractivity contribution in [3.05, 3.63) is 34.9 Å². The van der Waals surface area contributed by atoms with E-state index in [1.807, 2.05) is 12.1 Å². The zero-order valence-electron chi connectivity index (χ0n) is 12.0. The van der Waals surface area contributed by atoms with Crippen molar-refractivity contribution in [3.63, 3.8) is 0 Å². The number of piperidine rings is 1. The smallest absolute Gasteiger partial charge is 0.0406 e. The molecule has 2 rings (SSSR count). The van der Waals surface area contributed by atoms with E-state index in [1.165, 1.54) is 24.9 Å². The maximum Gasteiger partial charge on any atom is 0.0406 e. The van der Waals surface area contributed by atoms with E-state index in [0.29, 0.717) is 12.1 Å². The Labute approximate surface area is 122 Å². The van der Waals surface area contributed by atoms with Crippen LogP contribution in [0.1, 0.15) is 32.3 Å². The summed E-state index contributed by atoms with van der Waals surface area (Å²) in [5.41, 5.74) is 1.37. The monoisotopic (exact) mass is 280 g/mol. The van der Waals surface area contributed by atoms with E-state index >= 15 is 0 Å². The summed E-state index contributed by atoms with van der Waals surface area (Å²) in [6, 6.07) is 9.54. The summed E-state index contributed by atoms with van der Waals surface area (Å²) in [4.78, 5) is 2.64. The zero-order valence-corrected chi connectivity index (χ0v) is 12.8. The molecule has 1 heterocycles. The Balaban J connectivity index is 1.95. The van der Waals surface area contributed by atoms with Crippen LogP contribution in [0.2, 0.25) is 5.02 Å². The van der Waals surface area contributed by atoms with E-state index in [2.05, 4.69) is 36.2 Å². The van der Waals surface area contributed by atoms with Crippen molar-refractivity contribution in [2.45, 2.75) is 45.2 Å². The van der Waals surface area contributed by atoms with Crippen LogP contribution in [0.3, 0.4) is 0 Å². The van der Waals surface area contributed by atoms with E-state index < -0.39 is 0 Å². The Kier molecular flexibility index (Phi) is 5.68. The normalized spacial score (nSPS) is 21.6. The summed E-state index contributed by atoms with van der Waals surface area (Å²) in [6.45, 7) is 8.05. The van der Waals surface area contributed by atoms with Crippen molar-refractivity contribution >= 4 is 11.6 Å². The molecule has 1 N–H and O–H groups in total. The molecule has 19 heavy (non-hydrogen) atoms. The van der Waals surface area contributed by atoms with Gasteiger partial charge in [0, 0.05) is 23.7 Å². The Morgan fingerprint density at radius 1 is 1.37 bits per heavy atom. The average Bonchev–Trinajstić information content (AvgIpc) is 2.43. The summed E-state index contributed by atoms with van der Waals surface area (Å²) in [7, 11) is 0. The third kappa shape index (κ3) is 4.20. The summed E-state index contributed by atoms with van der Waals surface area (Å²) < 4.78 is 0. The Hall–Kier alpha value is -0.570. The largest absolute Gasteiger partial charge is 0.315 e. The number of likely N-dealkylation sites (N-methyl/N-ethyl adjacent to an activating group) is 1. The third-order valence-corrected chi connectivity index (χ3v) is 4.37. The maximum absolute atomic E-state index is 5.94. The Bertz CT molecular complexity index is 371. The van der Waals surface area contributed by atoms with E-state index in [1.54, 1.807) is 0 Å². The lowest BCUT2D eigenvalue weighted by Crippen LogP contribution is -2.50. The number of nitrogens with one attached hydrogen (secondary N) is 1. The standard InChI is InChI=1S/C16H25ClN2/c1-3-19(16-5-4-10-18-12-16)13(2)11-14-6-8-15(17)9-7-14/h6-9,13,16,18H,3-5,10-12H2,1-2H3. The third-order valence-electron chi connectivity index (χ3n) is 4.12. The topological polar surface area (TPSA) is 15.3 Å². The molecule has 1 aromatic rings. The number of hydrogen-bond donors (Lipinski definition) is 1. The number of nitrogens with zero attached hydrogens (tertiary/aromatic N) is 1. The molecule has 1 aromatic carbocycles. The van der Waals surface area contributed by atoms with E-state index in [4.69, 9.17) is 11.6 Å². The van der Waals surface area contributed by atoms with Gasteiger partial charge in [-0.1, -0.05) is 30.7 Å². The molecule has 0 aromatic heterocycles. The second-order valence-corrected chi connectivity index (χ2v) is 5.95. The van der Waals surface area contributed by atoms with Crippen molar-refractivity contribution in [3.8, 4) is 0 Å². The minimum atomic E-state index is 0.580. The highest BCUT2D eigenvalue weighted by Crippen LogP contribution is 2.17. The van der Waals surface area contributed by atoms with Gasteiger partial charge in [0.05, 0.1) is 0 Å². The Morgan fingerprint density at radius 2 is 2.11 bits per heavy atom. The fraction of sp³-hybridized carbons (Fsp3) is 0.625. The number of halogens is 1. The quantitative estimate of drug-likeness (QED) is 0.890. The average molecular weight is 281 g/mol. The van der Waals surface area contributed by atoms with E-state index in [-0.39, 0.29) is 0 Å². The SMILES string of the molecule is CCN(C(C)Cc1ccc(Cl)cc1)C1CCCNC1. The molecular weight excluding hydrogens is 256 g/mol. The molecule has 1 fully saturated rings. The first-order valence-corrected chi connectivity index (χ1v) is 7.79. The molecule has 2 nitrogen and oxygen atoms in total. The van der Waals surface area contributed by atoms with Crippen molar-refractivity contribution in [2.75, 3.05) is 19.6 Å². The van der Waals surface area contributed by atoms with Crippen LogP contribution in [0, 0.1) is 0 Å². The van der Waals surface area contributed by atoms with Gasteiger partial charge in [-0.2, -0.15) is 0 Å². The summed E-state index contributed by atoms with van der Waals surface area (Å²) in [5, 5.41) is 4.34. The van der Waals surface area contributed by atoms with Gasteiger partial charge in [0.25, 0.3) is 0 Å². The lowest BCUT2D eigenvalue weighted by molar-refractivity contribution is 0.127. The molecule has 1 aliphatic rings. The predicted octanol–water partition coefficient (Wildman–Crippen LogP) is 3.34. The second-order valence-electron chi connectivity index (χ2n) is 5.51. The first-order chi connectivity index (χ1) is 9.20. The van der Waals surface area contributed by atoms with Gasteiger partial charge in [0.1, 0.15) is 0 Å². The van der Waals surface area contributed by atoms with Gasteiger partial charge in [-0.05, 0) is 57.0 Å². The molecule has 106 valence electrons. The van der Waals surface area contributed by atoms with E-state index in [9.17, 15) is 0 Å². The molecule has 0 amide bonds. The molecule has 0 bridgehead atoms. The Morgan fingerprint density at radius 3 is 2.68 bits per heavy atom. The van der Waals surface area contributed by atoms with Gasteiger partial charge >= 0.3 is 0 Å². The first kappa shape index (κ1) is 14.8. The van der Waals surface area contributed by atoms with Gasteiger partial charge in [0.15, 0.2) is 0 Å². The van der Waals surface area contributed by atoms with Crippen LogP contribution in [-0.2, 0) is 6.42 Å². The lowest BCUT2D eigenvalue weighted by atomic mass is 10.0. The first-order valence-electron chi connectivity index (χ1n) is 7.41. The fourth-order valence-electron chi connectivity index (χ4n) is 3.13. The van der Waals surface area contributed by atoms with E-state index in [0.717, 1.165) is 24.5 Å². The van der Waals surface area contributed by atoms with Crippen LogP contribution in [0.25, 0.3) is 0 Å². The number of rotatable bonds is 5. The van der Waals surface area contributed by atoms with Crippen LogP contribution in [0.5, 0.6) is 0 Å². The van der Waals surface area contributed by atoms with Crippen LogP contribution < -0.4 is 5.32 Å². The molecule has 3 heteroatoms.